The highest BCUT2D eigenvalue weighted by atomic mass is 16.5. The van der Waals surface area contributed by atoms with Crippen LogP contribution in [-0.2, 0) is 11.2 Å². The van der Waals surface area contributed by atoms with Crippen LogP contribution >= 0.6 is 0 Å². The number of fused-ring (bicyclic) bond motifs is 1. The second kappa shape index (κ2) is 9.34. The fourth-order valence-electron chi connectivity index (χ4n) is 4.18. The number of hydrogen-bond donors (Lipinski definition) is 1. The van der Waals surface area contributed by atoms with Gasteiger partial charge >= 0.3 is 0 Å². The maximum absolute atomic E-state index is 13.3. The topological polar surface area (TPSA) is 94.2 Å². The molecule has 0 bridgehead atoms. The summed E-state index contributed by atoms with van der Waals surface area (Å²) in [6.07, 6.45) is 4.39. The number of nitrogens with two attached hydrogens (primary N) is 1. The first-order chi connectivity index (χ1) is 16.2. The minimum atomic E-state index is -0.0904. The summed E-state index contributed by atoms with van der Waals surface area (Å²) >= 11 is 0. The average Bonchev–Trinajstić information content (AvgIpc) is 3.09. The van der Waals surface area contributed by atoms with Crippen LogP contribution < -0.4 is 5.73 Å². The van der Waals surface area contributed by atoms with Crippen molar-refractivity contribution in [2.45, 2.75) is 6.42 Å². The van der Waals surface area contributed by atoms with Crippen LogP contribution in [-0.4, -0.2) is 52.1 Å². The second-order valence-corrected chi connectivity index (χ2v) is 8.31. The summed E-state index contributed by atoms with van der Waals surface area (Å²) < 4.78 is 5.83. The number of ether oxygens (including phenoxy) is 1. The molecule has 1 unspecified atom stereocenters. The van der Waals surface area contributed by atoms with Crippen LogP contribution in [0.25, 0.3) is 22.2 Å². The van der Waals surface area contributed by atoms with Gasteiger partial charge in [-0.25, -0.2) is 9.97 Å². The van der Waals surface area contributed by atoms with Crippen LogP contribution in [0.2, 0.25) is 0 Å². The molecule has 0 spiro atoms. The molecule has 1 aromatic carbocycles. The number of nitrogen functional groups attached to an aromatic ring is 1. The lowest BCUT2D eigenvalue weighted by Gasteiger charge is -2.23. The van der Waals surface area contributed by atoms with E-state index in [0.717, 1.165) is 28.5 Å². The van der Waals surface area contributed by atoms with E-state index in [1.165, 1.54) is 0 Å². The van der Waals surface area contributed by atoms with Gasteiger partial charge in [-0.2, -0.15) is 0 Å². The first kappa shape index (κ1) is 21.0. The number of pyridine rings is 3. The van der Waals surface area contributed by atoms with E-state index >= 15 is 0 Å². The number of anilines is 1. The van der Waals surface area contributed by atoms with E-state index in [-0.39, 0.29) is 11.8 Å². The number of amides is 1. The minimum Gasteiger partial charge on any atom is -0.384 e. The Kier molecular flexibility index (Phi) is 5.95. The Hall–Kier alpha value is -3.84. The molecule has 1 aliphatic rings. The monoisotopic (exact) mass is 439 g/mol. The van der Waals surface area contributed by atoms with Gasteiger partial charge in [0.05, 0.1) is 24.4 Å². The first-order valence-electron chi connectivity index (χ1n) is 11.1. The van der Waals surface area contributed by atoms with Crippen LogP contribution in [0, 0.1) is 5.92 Å². The molecule has 2 N–H and O–H groups in total. The molecule has 1 fully saturated rings. The second-order valence-electron chi connectivity index (χ2n) is 8.31. The average molecular weight is 440 g/mol. The summed E-state index contributed by atoms with van der Waals surface area (Å²) in [4.78, 5) is 28.5. The van der Waals surface area contributed by atoms with Crippen molar-refractivity contribution in [2.75, 3.05) is 32.0 Å². The highest BCUT2D eigenvalue weighted by Gasteiger charge is 2.25. The van der Waals surface area contributed by atoms with Gasteiger partial charge in [0.1, 0.15) is 11.5 Å². The molecule has 5 rings (SSSR count). The molecule has 0 radical (unpaired) electrons. The number of rotatable bonds is 4. The van der Waals surface area contributed by atoms with Gasteiger partial charge in [-0.15, -0.1) is 0 Å². The summed E-state index contributed by atoms with van der Waals surface area (Å²) in [5, 5.41) is 1.12. The Morgan fingerprint density at radius 2 is 1.97 bits per heavy atom. The van der Waals surface area contributed by atoms with Crippen molar-refractivity contribution < 1.29 is 9.53 Å². The standard InChI is InChI=1S/C26H25N5O2/c27-25-9-8-21(15-29-25)23-6-3-7-24(30-23)26(32)31-10-11-33-17-19(16-31)12-18-13-20-4-1-2-5-22(20)28-14-18/h1-9,13-15,19H,10-12,16-17H2,(H2,27,29). The number of nitrogens with zero attached hydrogens (tertiary/aromatic N) is 4. The van der Waals surface area contributed by atoms with Gasteiger partial charge in [0, 0.05) is 42.4 Å². The van der Waals surface area contributed by atoms with Crippen molar-refractivity contribution >= 4 is 22.6 Å². The Morgan fingerprint density at radius 1 is 1.06 bits per heavy atom. The summed E-state index contributed by atoms with van der Waals surface area (Å²) in [6.45, 7) is 2.28. The molecular formula is C26H25N5O2. The van der Waals surface area contributed by atoms with Gasteiger partial charge in [-0.1, -0.05) is 24.3 Å². The third-order valence-corrected chi connectivity index (χ3v) is 5.85. The van der Waals surface area contributed by atoms with Crippen molar-refractivity contribution in [1.29, 1.82) is 0 Å². The van der Waals surface area contributed by atoms with Gasteiger partial charge in [-0.05, 0) is 48.4 Å². The summed E-state index contributed by atoms with van der Waals surface area (Å²) in [6, 6.07) is 19.3. The highest BCUT2D eigenvalue weighted by Crippen LogP contribution is 2.21. The highest BCUT2D eigenvalue weighted by molar-refractivity contribution is 5.93. The lowest BCUT2D eigenvalue weighted by Crippen LogP contribution is -2.36. The molecule has 4 heterocycles. The van der Waals surface area contributed by atoms with Crippen LogP contribution in [0.5, 0.6) is 0 Å². The summed E-state index contributed by atoms with van der Waals surface area (Å²) in [5.41, 5.74) is 9.74. The molecule has 1 amide bonds. The molecule has 7 nitrogen and oxygen atoms in total. The Labute approximate surface area is 192 Å². The minimum absolute atomic E-state index is 0.0904. The zero-order valence-corrected chi connectivity index (χ0v) is 18.2. The maximum Gasteiger partial charge on any atom is 0.272 e. The van der Waals surface area contributed by atoms with E-state index in [1.807, 2.05) is 47.5 Å². The largest absolute Gasteiger partial charge is 0.384 e. The number of aromatic nitrogens is 3. The predicted molar refractivity (Wildman–Crippen MR) is 128 cm³/mol. The van der Waals surface area contributed by atoms with Crippen LogP contribution in [0.4, 0.5) is 5.82 Å². The van der Waals surface area contributed by atoms with Crippen molar-refractivity contribution in [3.05, 3.63) is 84.3 Å². The molecular weight excluding hydrogens is 414 g/mol. The maximum atomic E-state index is 13.3. The van der Waals surface area contributed by atoms with E-state index < -0.39 is 0 Å². The van der Waals surface area contributed by atoms with E-state index in [2.05, 4.69) is 27.1 Å². The van der Waals surface area contributed by atoms with E-state index in [9.17, 15) is 4.79 Å². The van der Waals surface area contributed by atoms with Gasteiger partial charge in [0.25, 0.3) is 5.91 Å². The molecule has 0 saturated carbocycles. The number of hydrogen-bond acceptors (Lipinski definition) is 6. The van der Waals surface area contributed by atoms with E-state index in [1.54, 1.807) is 18.3 Å². The molecule has 166 valence electrons. The predicted octanol–water partition coefficient (Wildman–Crippen LogP) is 3.61. The number of benzene rings is 1. The Morgan fingerprint density at radius 3 is 2.85 bits per heavy atom. The van der Waals surface area contributed by atoms with Crippen LogP contribution in [0.3, 0.4) is 0 Å². The summed E-state index contributed by atoms with van der Waals surface area (Å²) in [5.74, 6) is 0.541. The van der Waals surface area contributed by atoms with E-state index in [0.29, 0.717) is 43.5 Å². The summed E-state index contributed by atoms with van der Waals surface area (Å²) in [7, 11) is 0. The first-order valence-corrected chi connectivity index (χ1v) is 11.1. The normalized spacial score (nSPS) is 16.5. The lowest BCUT2D eigenvalue weighted by molar-refractivity contribution is 0.0731. The number of carbonyl (C=O) groups excluding carboxylic acids is 1. The number of carbonyl (C=O) groups is 1. The molecule has 1 aliphatic heterocycles. The van der Waals surface area contributed by atoms with Crippen molar-refractivity contribution in [3.8, 4) is 11.3 Å². The van der Waals surface area contributed by atoms with Crippen LogP contribution in [0.15, 0.2) is 73.1 Å². The molecule has 33 heavy (non-hydrogen) atoms. The smallest absolute Gasteiger partial charge is 0.272 e. The van der Waals surface area contributed by atoms with Crippen molar-refractivity contribution in [1.82, 2.24) is 19.9 Å². The fourth-order valence-corrected chi connectivity index (χ4v) is 4.18. The molecule has 7 heteroatoms. The van der Waals surface area contributed by atoms with Crippen molar-refractivity contribution in [3.63, 3.8) is 0 Å². The van der Waals surface area contributed by atoms with E-state index in [4.69, 9.17) is 10.5 Å². The molecule has 1 saturated heterocycles. The molecule has 1 atom stereocenters. The van der Waals surface area contributed by atoms with Gasteiger partial charge in [-0.3, -0.25) is 9.78 Å². The molecule has 0 aliphatic carbocycles. The number of para-hydroxylation sites is 1. The lowest BCUT2D eigenvalue weighted by atomic mass is 9.99. The molecule has 4 aromatic rings. The van der Waals surface area contributed by atoms with Crippen molar-refractivity contribution in [2.24, 2.45) is 5.92 Å². The van der Waals surface area contributed by atoms with Crippen LogP contribution in [0.1, 0.15) is 16.1 Å². The Bertz CT molecular complexity index is 1280. The quantitative estimate of drug-likeness (QED) is 0.522. The Balaban J connectivity index is 1.32. The fraction of sp³-hybridized carbons (Fsp3) is 0.231. The van der Waals surface area contributed by atoms with Gasteiger partial charge in [0.15, 0.2) is 0 Å². The third-order valence-electron chi connectivity index (χ3n) is 5.85. The van der Waals surface area contributed by atoms with Gasteiger partial charge < -0.3 is 15.4 Å². The molecule has 3 aromatic heterocycles. The third kappa shape index (κ3) is 4.83. The zero-order chi connectivity index (χ0) is 22.6. The SMILES string of the molecule is Nc1ccc(-c2cccc(C(=O)N3CCOCC(Cc4cnc5ccccc5c4)C3)n2)cn1. The zero-order valence-electron chi connectivity index (χ0n) is 18.2. The van der Waals surface area contributed by atoms with Gasteiger partial charge in [0.2, 0.25) is 0 Å².